The third kappa shape index (κ3) is 2.25. The first-order chi connectivity index (χ1) is 7.20. The number of aromatic nitrogens is 2. The summed E-state index contributed by atoms with van der Waals surface area (Å²) in [7, 11) is 0. The minimum Gasteiger partial charge on any atom is -0.291 e. The van der Waals surface area contributed by atoms with Gasteiger partial charge in [0.2, 0.25) is 0 Å². The molecule has 0 fully saturated rings. The summed E-state index contributed by atoms with van der Waals surface area (Å²) in [5.74, 6) is -0.174. The van der Waals surface area contributed by atoms with Gasteiger partial charge >= 0.3 is 0 Å². The molecule has 2 rings (SSSR count). The standard InChI is InChI=1S/C9H7ClN2OS2/c1-5-3-14-8(11-5)9-12-6(4-15-9)7(13)2-10/h3-4H,2H2,1H3. The van der Waals surface area contributed by atoms with Gasteiger partial charge in [-0.1, -0.05) is 0 Å². The molecule has 0 saturated heterocycles. The van der Waals surface area contributed by atoms with E-state index >= 15 is 0 Å². The van der Waals surface area contributed by atoms with Gasteiger partial charge in [0.15, 0.2) is 15.8 Å². The van der Waals surface area contributed by atoms with Crippen molar-refractivity contribution in [3.8, 4) is 10.0 Å². The van der Waals surface area contributed by atoms with E-state index in [-0.39, 0.29) is 11.7 Å². The second-order valence-corrected chi connectivity index (χ2v) is 4.87. The molecule has 0 atom stereocenters. The fourth-order valence-electron chi connectivity index (χ4n) is 1.02. The highest BCUT2D eigenvalue weighted by Gasteiger charge is 2.12. The Morgan fingerprint density at radius 3 is 2.60 bits per heavy atom. The van der Waals surface area contributed by atoms with Gasteiger partial charge in [0, 0.05) is 16.5 Å². The van der Waals surface area contributed by atoms with Crippen LogP contribution in [0.2, 0.25) is 0 Å². The molecule has 2 aromatic heterocycles. The van der Waals surface area contributed by atoms with E-state index in [1.54, 1.807) is 5.38 Å². The molecule has 0 radical (unpaired) electrons. The van der Waals surface area contributed by atoms with Crippen LogP contribution in [0.15, 0.2) is 10.8 Å². The summed E-state index contributed by atoms with van der Waals surface area (Å²) < 4.78 is 0. The molecule has 0 aliphatic heterocycles. The van der Waals surface area contributed by atoms with Crippen LogP contribution in [-0.4, -0.2) is 21.6 Å². The Morgan fingerprint density at radius 2 is 2.00 bits per heavy atom. The highest BCUT2D eigenvalue weighted by atomic mass is 35.5. The lowest BCUT2D eigenvalue weighted by molar-refractivity contribution is 0.101. The van der Waals surface area contributed by atoms with Crippen LogP contribution in [0.25, 0.3) is 10.0 Å². The van der Waals surface area contributed by atoms with Crippen molar-refractivity contribution in [1.29, 1.82) is 0 Å². The van der Waals surface area contributed by atoms with Gasteiger partial charge in [-0.3, -0.25) is 4.79 Å². The maximum Gasteiger partial charge on any atom is 0.196 e. The average molecular weight is 259 g/mol. The third-order valence-corrected chi connectivity index (χ3v) is 3.90. The van der Waals surface area contributed by atoms with Crippen LogP contribution in [0.3, 0.4) is 0 Å². The normalized spacial score (nSPS) is 10.5. The van der Waals surface area contributed by atoms with Gasteiger partial charge in [0.25, 0.3) is 0 Å². The van der Waals surface area contributed by atoms with E-state index in [0.717, 1.165) is 15.7 Å². The Morgan fingerprint density at radius 1 is 1.33 bits per heavy atom. The van der Waals surface area contributed by atoms with E-state index < -0.39 is 0 Å². The molecule has 0 spiro atoms. The molecular weight excluding hydrogens is 252 g/mol. The van der Waals surface area contributed by atoms with Crippen LogP contribution in [0.1, 0.15) is 16.2 Å². The quantitative estimate of drug-likeness (QED) is 0.628. The highest BCUT2D eigenvalue weighted by Crippen LogP contribution is 2.26. The van der Waals surface area contributed by atoms with Crippen LogP contribution < -0.4 is 0 Å². The van der Waals surface area contributed by atoms with E-state index in [1.165, 1.54) is 22.7 Å². The van der Waals surface area contributed by atoms with Crippen molar-refractivity contribution in [3.63, 3.8) is 0 Å². The number of rotatable bonds is 3. The van der Waals surface area contributed by atoms with Gasteiger partial charge in [0.1, 0.15) is 5.69 Å². The monoisotopic (exact) mass is 258 g/mol. The number of aryl methyl sites for hydroxylation is 1. The Labute approximate surface area is 99.8 Å². The van der Waals surface area contributed by atoms with Gasteiger partial charge in [-0.2, -0.15) is 0 Å². The largest absolute Gasteiger partial charge is 0.291 e. The van der Waals surface area contributed by atoms with Crippen molar-refractivity contribution in [1.82, 2.24) is 9.97 Å². The number of halogens is 1. The van der Waals surface area contributed by atoms with E-state index in [4.69, 9.17) is 11.6 Å². The Balaban J connectivity index is 2.31. The molecule has 0 bridgehead atoms. The van der Waals surface area contributed by atoms with Crippen LogP contribution in [0, 0.1) is 6.92 Å². The lowest BCUT2D eigenvalue weighted by Crippen LogP contribution is -1.99. The number of nitrogens with zero attached hydrogens (tertiary/aromatic N) is 2. The van der Waals surface area contributed by atoms with E-state index in [2.05, 4.69) is 9.97 Å². The summed E-state index contributed by atoms with van der Waals surface area (Å²) in [5, 5.41) is 5.31. The number of Topliss-reactive ketones (excluding diaryl/α,β-unsaturated/α-hetero) is 1. The van der Waals surface area contributed by atoms with Gasteiger partial charge < -0.3 is 0 Å². The van der Waals surface area contributed by atoms with Crippen molar-refractivity contribution >= 4 is 40.1 Å². The molecule has 0 aliphatic rings. The average Bonchev–Trinajstić information content (AvgIpc) is 2.84. The van der Waals surface area contributed by atoms with E-state index in [0.29, 0.717) is 5.69 Å². The minimum absolute atomic E-state index is 0.0277. The molecule has 78 valence electrons. The summed E-state index contributed by atoms with van der Waals surface area (Å²) in [6, 6.07) is 0. The zero-order chi connectivity index (χ0) is 10.8. The number of carbonyl (C=O) groups excluding carboxylic acids is 1. The van der Waals surface area contributed by atoms with Crippen molar-refractivity contribution in [2.45, 2.75) is 6.92 Å². The number of carbonyl (C=O) groups is 1. The van der Waals surface area contributed by atoms with Crippen LogP contribution in [-0.2, 0) is 0 Å². The second-order valence-electron chi connectivity index (χ2n) is 2.89. The first-order valence-corrected chi connectivity index (χ1v) is 6.47. The maximum atomic E-state index is 11.3. The lowest BCUT2D eigenvalue weighted by atomic mass is 10.3. The van der Waals surface area contributed by atoms with Crippen molar-refractivity contribution in [2.24, 2.45) is 0 Å². The number of hydrogen-bond acceptors (Lipinski definition) is 5. The van der Waals surface area contributed by atoms with Gasteiger partial charge in [-0.15, -0.1) is 34.3 Å². The minimum atomic E-state index is -0.146. The first-order valence-electron chi connectivity index (χ1n) is 4.18. The summed E-state index contributed by atoms with van der Waals surface area (Å²) in [6.07, 6.45) is 0. The molecule has 0 saturated carbocycles. The predicted molar refractivity (Wildman–Crippen MR) is 63.0 cm³/mol. The maximum absolute atomic E-state index is 11.3. The number of hydrogen-bond donors (Lipinski definition) is 0. The molecule has 0 N–H and O–H groups in total. The molecule has 0 amide bonds. The molecule has 2 aromatic rings. The molecule has 0 aromatic carbocycles. The summed E-state index contributed by atoms with van der Waals surface area (Å²) in [5.41, 5.74) is 1.40. The highest BCUT2D eigenvalue weighted by molar-refractivity contribution is 7.19. The van der Waals surface area contributed by atoms with Gasteiger partial charge in [-0.05, 0) is 6.92 Å². The van der Waals surface area contributed by atoms with Crippen molar-refractivity contribution in [3.05, 3.63) is 22.1 Å². The molecule has 15 heavy (non-hydrogen) atoms. The third-order valence-electron chi connectivity index (χ3n) is 1.71. The zero-order valence-corrected chi connectivity index (χ0v) is 10.2. The molecule has 0 aliphatic carbocycles. The van der Waals surface area contributed by atoms with Crippen molar-refractivity contribution < 1.29 is 4.79 Å². The summed E-state index contributed by atoms with van der Waals surface area (Å²) >= 11 is 8.39. The van der Waals surface area contributed by atoms with Gasteiger partial charge in [0.05, 0.1) is 5.88 Å². The predicted octanol–water partition coefficient (Wildman–Crippen LogP) is 3.00. The van der Waals surface area contributed by atoms with E-state index in [1.807, 2.05) is 12.3 Å². The van der Waals surface area contributed by atoms with E-state index in [9.17, 15) is 4.79 Å². The van der Waals surface area contributed by atoms with Crippen LogP contribution in [0.4, 0.5) is 0 Å². The Hall–Kier alpha value is -0.780. The van der Waals surface area contributed by atoms with Crippen molar-refractivity contribution in [2.75, 3.05) is 5.88 Å². The lowest BCUT2D eigenvalue weighted by Gasteiger charge is -1.87. The molecule has 3 nitrogen and oxygen atoms in total. The summed E-state index contributed by atoms with van der Waals surface area (Å²) in [4.78, 5) is 19.8. The molecule has 2 heterocycles. The number of ketones is 1. The summed E-state index contributed by atoms with van der Waals surface area (Å²) in [6.45, 7) is 1.93. The molecular formula is C9H7ClN2OS2. The second kappa shape index (κ2) is 4.38. The number of thiazole rings is 2. The Bertz CT molecular complexity index is 492. The smallest absolute Gasteiger partial charge is 0.196 e. The molecule has 0 unspecified atom stereocenters. The SMILES string of the molecule is Cc1csc(-c2nc(C(=O)CCl)cs2)n1. The Kier molecular flexibility index (Phi) is 3.14. The van der Waals surface area contributed by atoms with Gasteiger partial charge in [-0.25, -0.2) is 9.97 Å². The van der Waals surface area contributed by atoms with Crippen LogP contribution >= 0.6 is 34.3 Å². The number of alkyl halides is 1. The fraction of sp³-hybridized carbons (Fsp3) is 0.222. The zero-order valence-electron chi connectivity index (χ0n) is 7.86. The molecule has 6 heteroatoms. The first kappa shape index (κ1) is 10.7. The van der Waals surface area contributed by atoms with Crippen LogP contribution in [0.5, 0.6) is 0 Å². The topological polar surface area (TPSA) is 42.9 Å². The fourth-order valence-corrected chi connectivity index (χ4v) is 2.83.